The molecule has 2 N–H and O–H groups in total. The highest BCUT2D eigenvalue weighted by Crippen LogP contribution is 2.35. The van der Waals surface area contributed by atoms with Crippen molar-refractivity contribution in [1.82, 2.24) is 10.3 Å². The first-order chi connectivity index (χ1) is 19.8. The van der Waals surface area contributed by atoms with Crippen molar-refractivity contribution in [3.8, 4) is 11.5 Å². The number of ether oxygens (including phenoxy) is 2. The SMILES string of the molecule is Cc1ccc2cccc(OCc3c(Cl)ccc(N(C)C(=O)CNC(=O)/C=C/c4ccc(OCCO)cc4)c3Cl)c2n1.Cl. The summed E-state index contributed by atoms with van der Waals surface area (Å²) in [5.41, 5.74) is 3.33. The molecule has 0 atom stereocenters. The van der Waals surface area contributed by atoms with E-state index in [2.05, 4.69) is 10.3 Å². The lowest BCUT2D eigenvalue weighted by molar-refractivity contribution is -0.122. The van der Waals surface area contributed by atoms with Gasteiger partial charge in [-0.1, -0.05) is 53.5 Å². The lowest BCUT2D eigenvalue weighted by Gasteiger charge is -2.21. The fraction of sp³-hybridized carbons (Fsp3) is 0.194. The molecule has 4 rings (SSSR count). The van der Waals surface area contributed by atoms with Crippen LogP contribution in [0.1, 0.15) is 16.8 Å². The number of amides is 2. The van der Waals surface area contributed by atoms with Gasteiger partial charge in [-0.2, -0.15) is 0 Å². The fourth-order valence-electron chi connectivity index (χ4n) is 3.95. The number of anilines is 1. The summed E-state index contributed by atoms with van der Waals surface area (Å²) >= 11 is 13.1. The molecule has 0 bridgehead atoms. The lowest BCUT2D eigenvalue weighted by Crippen LogP contribution is -2.37. The Balaban J connectivity index is 0.00000484. The third kappa shape index (κ3) is 8.36. The molecule has 8 nitrogen and oxygen atoms in total. The van der Waals surface area contributed by atoms with Crippen molar-refractivity contribution < 1.29 is 24.2 Å². The number of hydrogen-bond donors (Lipinski definition) is 2. The van der Waals surface area contributed by atoms with Gasteiger partial charge in [0, 0.05) is 34.8 Å². The van der Waals surface area contributed by atoms with Crippen molar-refractivity contribution in [2.75, 3.05) is 31.7 Å². The molecule has 220 valence electrons. The zero-order valence-electron chi connectivity index (χ0n) is 23.0. The van der Waals surface area contributed by atoms with Crippen LogP contribution in [0.25, 0.3) is 17.0 Å². The largest absolute Gasteiger partial charge is 0.491 e. The van der Waals surface area contributed by atoms with E-state index in [1.807, 2.05) is 37.3 Å². The Morgan fingerprint density at radius 3 is 2.52 bits per heavy atom. The van der Waals surface area contributed by atoms with Gasteiger partial charge in [0.25, 0.3) is 0 Å². The standard InChI is InChI=1S/C31H29Cl2N3O5.ClH/c1-20-6-10-22-4-3-5-27(31(22)35-20)41-19-24-25(32)13-14-26(30(24)33)36(2)29(39)18-34-28(38)15-9-21-7-11-23(12-8-21)40-17-16-37;/h3-15,37H,16-19H2,1-2H3,(H,34,38);1H/b15-9+;. The minimum Gasteiger partial charge on any atom is -0.491 e. The molecule has 0 radical (unpaired) electrons. The van der Waals surface area contributed by atoms with Crippen LogP contribution in [0.15, 0.2) is 72.8 Å². The summed E-state index contributed by atoms with van der Waals surface area (Å²) in [4.78, 5) is 31.1. The van der Waals surface area contributed by atoms with E-state index in [1.54, 1.807) is 49.5 Å². The summed E-state index contributed by atoms with van der Waals surface area (Å²) < 4.78 is 11.4. The van der Waals surface area contributed by atoms with E-state index in [9.17, 15) is 9.59 Å². The van der Waals surface area contributed by atoms with Crippen LogP contribution in [0.4, 0.5) is 5.69 Å². The third-order valence-corrected chi connectivity index (χ3v) is 6.95. The number of fused-ring (bicyclic) bond motifs is 1. The number of aliphatic hydroxyl groups excluding tert-OH is 1. The van der Waals surface area contributed by atoms with Crippen LogP contribution in [0.3, 0.4) is 0 Å². The number of hydrogen-bond acceptors (Lipinski definition) is 6. The molecule has 0 aliphatic rings. The van der Waals surface area contributed by atoms with Crippen molar-refractivity contribution in [2.45, 2.75) is 13.5 Å². The van der Waals surface area contributed by atoms with Gasteiger partial charge in [0.1, 0.15) is 30.2 Å². The number of halogens is 3. The number of aliphatic hydroxyl groups is 1. The van der Waals surface area contributed by atoms with Crippen LogP contribution in [0.2, 0.25) is 10.0 Å². The molecule has 42 heavy (non-hydrogen) atoms. The second-order valence-corrected chi connectivity index (χ2v) is 9.86. The molecular weight excluding hydrogens is 601 g/mol. The Labute approximate surface area is 260 Å². The Morgan fingerprint density at radius 2 is 1.79 bits per heavy atom. The van der Waals surface area contributed by atoms with Crippen LogP contribution in [-0.4, -0.2) is 48.7 Å². The molecule has 0 spiro atoms. The Bertz CT molecular complexity index is 1580. The van der Waals surface area contributed by atoms with Gasteiger partial charge in [-0.15, -0.1) is 12.4 Å². The molecule has 0 aliphatic carbocycles. The average molecular weight is 631 g/mol. The highest BCUT2D eigenvalue weighted by Gasteiger charge is 2.19. The van der Waals surface area contributed by atoms with Gasteiger partial charge >= 0.3 is 0 Å². The number of pyridine rings is 1. The van der Waals surface area contributed by atoms with Crippen molar-refractivity contribution in [3.63, 3.8) is 0 Å². The minimum absolute atomic E-state index is 0. The van der Waals surface area contributed by atoms with Gasteiger partial charge in [0.2, 0.25) is 11.8 Å². The molecule has 4 aromatic rings. The van der Waals surface area contributed by atoms with Crippen LogP contribution >= 0.6 is 35.6 Å². The monoisotopic (exact) mass is 629 g/mol. The van der Waals surface area contributed by atoms with Crippen LogP contribution in [0, 0.1) is 6.92 Å². The predicted octanol–water partition coefficient (Wildman–Crippen LogP) is 6.01. The molecule has 1 heterocycles. The Hall–Kier alpha value is -3.82. The molecule has 2 amide bonds. The number of benzene rings is 3. The first-order valence-electron chi connectivity index (χ1n) is 12.8. The zero-order chi connectivity index (χ0) is 29.4. The van der Waals surface area contributed by atoms with E-state index >= 15 is 0 Å². The summed E-state index contributed by atoms with van der Waals surface area (Å²) in [5.74, 6) is 0.407. The van der Waals surface area contributed by atoms with Gasteiger partial charge in [0.15, 0.2) is 0 Å². The van der Waals surface area contributed by atoms with Crippen molar-refractivity contribution in [3.05, 3.63) is 99.7 Å². The fourth-order valence-corrected chi connectivity index (χ4v) is 4.55. The first kappa shape index (κ1) is 32.7. The lowest BCUT2D eigenvalue weighted by atomic mass is 10.1. The summed E-state index contributed by atoms with van der Waals surface area (Å²) in [6, 6.07) is 19.9. The van der Waals surface area contributed by atoms with E-state index in [1.165, 1.54) is 11.0 Å². The van der Waals surface area contributed by atoms with Gasteiger partial charge in [-0.05, 0) is 55.0 Å². The summed E-state index contributed by atoms with van der Waals surface area (Å²) in [5, 5.41) is 13.0. The normalized spacial score (nSPS) is 10.8. The van der Waals surface area contributed by atoms with E-state index in [4.69, 9.17) is 37.8 Å². The summed E-state index contributed by atoms with van der Waals surface area (Å²) in [6.07, 6.45) is 2.96. The van der Waals surface area contributed by atoms with E-state index in [0.29, 0.717) is 27.8 Å². The molecule has 0 saturated carbocycles. The number of aryl methyl sites for hydroxylation is 1. The van der Waals surface area contributed by atoms with Crippen LogP contribution in [-0.2, 0) is 16.2 Å². The van der Waals surface area contributed by atoms with Gasteiger partial charge in [0.05, 0.1) is 23.9 Å². The zero-order valence-corrected chi connectivity index (χ0v) is 25.3. The molecule has 11 heteroatoms. The highest BCUT2D eigenvalue weighted by atomic mass is 35.5. The number of para-hydroxylation sites is 1. The molecule has 0 aliphatic heterocycles. The molecule has 1 aromatic heterocycles. The number of carbonyl (C=O) groups is 2. The quantitative estimate of drug-likeness (QED) is 0.197. The second kappa shape index (κ2) is 15.4. The highest BCUT2D eigenvalue weighted by molar-refractivity contribution is 6.38. The predicted molar refractivity (Wildman–Crippen MR) is 169 cm³/mol. The molecule has 0 saturated heterocycles. The number of nitrogens with one attached hydrogen (secondary N) is 1. The number of aromatic nitrogens is 1. The van der Waals surface area contributed by atoms with E-state index < -0.39 is 5.91 Å². The third-order valence-electron chi connectivity index (χ3n) is 6.18. The van der Waals surface area contributed by atoms with Crippen LogP contribution < -0.4 is 19.7 Å². The maximum absolute atomic E-state index is 12.9. The van der Waals surface area contributed by atoms with E-state index in [0.717, 1.165) is 22.2 Å². The first-order valence-corrected chi connectivity index (χ1v) is 13.5. The van der Waals surface area contributed by atoms with Crippen molar-refractivity contribution >= 4 is 70.1 Å². The second-order valence-electron chi connectivity index (χ2n) is 9.07. The van der Waals surface area contributed by atoms with Gasteiger partial charge < -0.3 is 24.8 Å². The Kier molecular flexibility index (Phi) is 12.0. The number of nitrogens with zero attached hydrogens (tertiary/aromatic N) is 2. The number of rotatable bonds is 11. The van der Waals surface area contributed by atoms with Gasteiger partial charge in [-0.3, -0.25) is 9.59 Å². The minimum atomic E-state index is -0.428. The van der Waals surface area contributed by atoms with Crippen LogP contribution in [0.5, 0.6) is 11.5 Å². The summed E-state index contributed by atoms with van der Waals surface area (Å²) in [6.45, 7) is 1.88. The molecule has 0 fully saturated rings. The van der Waals surface area contributed by atoms with Gasteiger partial charge in [-0.25, -0.2) is 4.98 Å². The summed E-state index contributed by atoms with van der Waals surface area (Å²) in [7, 11) is 1.57. The van der Waals surface area contributed by atoms with Crippen molar-refractivity contribution in [1.29, 1.82) is 0 Å². The number of likely N-dealkylation sites (N-methyl/N-ethyl adjacent to an activating group) is 1. The Morgan fingerprint density at radius 1 is 1.02 bits per heavy atom. The smallest absolute Gasteiger partial charge is 0.246 e. The number of carbonyl (C=O) groups excluding carboxylic acids is 2. The van der Waals surface area contributed by atoms with E-state index in [-0.39, 0.29) is 49.7 Å². The molecular formula is C31H30Cl3N3O5. The maximum atomic E-state index is 12.9. The average Bonchev–Trinajstić information content (AvgIpc) is 2.98. The topological polar surface area (TPSA) is 101 Å². The molecule has 3 aromatic carbocycles. The maximum Gasteiger partial charge on any atom is 0.246 e. The molecule has 0 unspecified atom stereocenters. The van der Waals surface area contributed by atoms with Crippen molar-refractivity contribution in [2.24, 2.45) is 0 Å².